The van der Waals surface area contributed by atoms with Crippen molar-refractivity contribution in [2.75, 3.05) is 96.9 Å². The van der Waals surface area contributed by atoms with E-state index in [1.165, 1.54) is 43.0 Å². The van der Waals surface area contributed by atoms with Gasteiger partial charge in [-0.15, -0.1) is 11.8 Å². The van der Waals surface area contributed by atoms with Crippen LogP contribution in [-0.4, -0.2) is 288 Å². The molecule has 0 unspecified atom stereocenters. The molecule has 0 radical (unpaired) electrons. The summed E-state index contributed by atoms with van der Waals surface area (Å²) in [6, 6.07) is -6.65. The molecule has 0 bridgehead atoms. The topological polar surface area (TPSA) is 617 Å². The number of carbonyl (C=O) groups is 17. The molecule has 0 saturated heterocycles. The summed E-state index contributed by atoms with van der Waals surface area (Å²) in [5, 5.41) is 54.7. The zero-order valence-electron chi connectivity index (χ0n) is 63.4. The van der Waals surface area contributed by atoms with Crippen molar-refractivity contribution in [2.24, 2.45) is 23.3 Å². The molecule has 616 valence electrons. The Hall–Kier alpha value is -10.5. The zero-order chi connectivity index (χ0) is 82.9. The molecule has 0 aliphatic carbocycles. The average Bonchev–Trinajstić information content (AvgIpc) is 1.69. The van der Waals surface area contributed by atoms with Crippen molar-refractivity contribution in [1.29, 1.82) is 0 Å². The van der Waals surface area contributed by atoms with E-state index in [0.29, 0.717) is 27.9 Å². The number of aliphatic hydroxyl groups is 1. The van der Waals surface area contributed by atoms with Crippen LogP contribution in [0.4, 0.5) is 0 Å². The van der Waals surface area contributed by atoms with Crippen molar-refractivity contribution in [2.45, 2.75) is 147 Å². The lowest BCUT2D eigenvalue weighted by molar-refractivity contribution is -0.141. The number of primary amides is 2. The first kappa shape index (κ1) is 94.7. The van der Waals surface area contributed by atoms with E-state index < -0.39 is 200 Å². The van der Waals surface area contributed by atoms with E-state index in [1.54, 1.807) is 58.4 Å². The van der Waals surface area contributed by atoms with E-state index >= 15 is 0 Å². The maximum Gasteiger partial charge on any atom is 0.305 e. The molecule has 0 spiro atoms. The number of para-hydroxylation sites is 1. The number of aliphatic hydroxyl groups excluding tert-OH is 1. The number of aliphatic carboxylic acids is 1. The summed E-state index contributed by atoms with van der Waals surface area (Å²) in [5.74, 6) is -15.0. The van der Waals surface area contributed by atoms with E-state index in [4.69, 9.17) is 20.9 Å². The van der Waals surface area contributed by atoms with Crippen molar-refractivity contribution >= 4 is 135 Å². The molecule has 0 aliphatic heterocycles. The molecule has 41 nitrogen and oxygen atoms in total. The van der Waals surface area contributed by atoms with Gasteiger partial charge in [0, 0.05) is 67.5 Å². The molecule has 0 saturated carbocycles. The van der Waals surface area contributed by atoms with Crippen LogP contribution in [0.1, 0.15) is 84.9 Å². The van der Waals surface area contributed by atoms with Gasteiger partial charge in [0.15, 0.2) is 0 Å². The number of thioether (sulfide) groups is 2. The second-order valence-corrected chi connectivity index (χ2v) is 28.5. The molecule has 3 rings (SSSR count). The van der Waals surface area contributed by atoms with Crippen LogP contribution >= 0.6 is 23.5 Å². The van der Waals surface area contributed by atoms with E-state index in [9.17, 15) is 91.7 Å². The normalized spacial score (nSPS) is 13.8. The largest absolute Gasteiger partial charge is 0.481 e. The second-order valence-electron chi connectivity index (χ2n) is 26.5. The lowest BCUT2D eigenvalue weighted by Gasteiger charge is -2.26. The number of amides is 16. The molecule has 3 aromatic rings. The maximum absolute atomic E-state index is 14.4. The number of nitrogens with zero attached hydrogens (tertiary/aromatic N) is 2. The van der Waals surface area contributed by atoms with Gasteiger partial charge in [-0.1, -0.05) is 45.9 Å². The molecule has 2 aromatic heterocycles. The highest BCUT2D eigenvalue weighted by molar-refractivity contribution is 7.99. The van der Waals surface area contributed by atoms with Gasteiger partial charge in [0.2, 0.25) is 94.5 Å². The van der Waals surface area contributed by atoms with Gasteiger partial charge in [0.1, 0.15) is 67.0 Å². The highest BCUT2D eigenvalue weighted by Gasteiger charge is 2.35. The smallest absolute Gasteiger partial charge is 0.305 e. The SMILES string of the molecule is CSCC[C@H](NC(=O)[C@H](CC(C)C)NC(=O)[C@H](Cc1cnc[nH]1)NC(=O)CNC(=O)[C@@H](NC(=O)[C@H](C)NC(=O)[C@H](Cc1c[nH]c2ccccc12)NC(=O)[C@H](CCC(N)=O)NC(=O)COCCOCCNC(=O)[C@H](CC(=O)O)NC(=O)CNC(=O)[C@H](CSCNC(C)=O)NC(=O)[C@H](CO)NC(=O)CN(C)C)C(C)C)C(N)=O. The molecular formula is C68H106N20O21S2. The Labute approximate surface area is 649 Å². The Bertz CT molecular complexity index is 3640. The number of fused-ring (bicyclic) bond motifs is 1. The first-order valence-electron chi connectivity index (χ1n) is 35.4. The van der Waals surface area contributed by atoms with Gasteiger partial charge in [0.05, 0.1) is 64.7 Å². The number of nitrogens with one attached hydrogen (secondary N) is 16. The third kappa shape index (κ3) is 37.2. The number of aromatic amines is 2. The summed E-state index contributed by atoms with van der Waals surface area (Å²) in [7, 11) is 3.19. The average molecular weight is 1600 g/mol. The number of H-pyrrole nitrogens is 2. The monoisotopic (exact) mass is 1600 g/mol. The molecular weight excluding hydrogens is 1500 g/mol. The number of aromatic nitrogens is 3. The molecule has 16 amide bonds. The van der Waals surface area contributed by atoms with Gasteiger partial charge >= 0.3 is 5.97 Å². The fourth-order valence-corrected chi connectivity index (χ4v) is 11.6. The molecule has 10 atom stereocenters. The number of hydrogen-bond donors (Lipinski definition) is 20. The number of rotatable bonds is 54. The molecule has 2 heterocycles. The molecule has 111 heavy (non-hydrogen) atoms. The summed E-state index contributed by atoms with van der Waals surface area (Å²) < 4.78 is 10.9. The van der Waals surface area contributed by atoms with E-state index in [2.05, 4.69) is 89.4 Å². The number of nitrogens with two attached hydrogens (primary N) is 2. The van der Waals surface area contributed by atoms with Crippen LogP contribution in [0.5, 0.6) is 0 Å². The number of ether oxygens (including phenoxy) is 2. The number of carboxylic acids is 1. The molecule has 0 aliphatic rings. The summed E-state index contributed by atoms with van der Waals surface area (Å²) in [6.45, 7) is 5.40. The predicted molar refractivity (Wildman–Crippen MR) is 404 cm³/mol. The Morgan fingerprint density at radius 3 is 1.77 bits per heavy atom. The van der Waals surface area contributed by atoms with Crippen molar-refractivity contribution in [3.8, 4) is 0 Å². The highest BCUT2D eigenvalue weighted by Crippen LogP contribution is 2.20. The van der Waals surface area contributed by atoms with Crippen LogP contribution in [0.25, 0.3) is 10.9 Å². The van der Waals surface area contributed by atoms with Crippen LogP contribution in [0.15, 0.2) is 43.0 Å². The number of hydrogen-bond acceptors (Lipinski definition) is 24. The van der Waals surface area contributed by atoms with Gasteiger partial charge in [-0.3, -0.25) is 81.5 Å². The van der Waals surface area contributed by atoms with E-state index in [1.807, 2.05) is 20.1 Å². The van der Waals surface area contributed by atoms with Crippen molar-refractivity contribution < 1.29 is 101 Å². The standard InChI is InChI=1S/C68H106N20O21S2/c1-36(2)22-46(65(104)83-44(59(70)98)16-21-110-9)84-66(105)48(24-41-27-71-34-76-41)80-54(93)29-75-68(107)58(37(3)4)87-60(99)38(5)78-64(103)47(23-40-26-73-43-13-11-10-12-42(40)43)85-63(102)45(14-15-52(69)91)79-56(95)32-109-20-19-108-18-17-72-61(100)49(25-57(96)97)81-53(92)28-74-62(101)51(33-111-35-77-39(6)90)86-67(106)50(31-89)82-55(94)30-88(7)8/h10-13,26-27,34,36-38,44-51,58,73,89H,14-25,28-33,35H2,1-9H3,(H2,69,91)(H2,70,98)(H,71,76)(H,72,100)(H,74,101)(H,75,107)(H,77,90)(H,78,103)(H,79,95)(H,80,93)(H,81,92)(H,82,94)(H,83,104)(H,84,105)(H,85,102)(H,86,106)(H,87,99)(H,96,97)/t38-,44-,45-,46-,47-,48-,49-,50-,51-,58-/m0/s1. The van der Waals surface area contributed by atoms with Crippen LogP contribution in [0.2, 0.25) is 0 Å². The third-order valence-electron chi connectivity index (χ3n) is 16.0. The van der Waals surface area contributed by atoms with Gasteiger partial charge in [0.25, 0.3) is 0 Å². The maximum atomic E-state index is 14.4. The van der Waals surface area contributed by atoms with Crippen LogP contribution < -0.4 is 85.9 Å². The summed E-state index contributed by atoms with van der Waals surface area (Å²) in [6.07, 6.45) is 4.61. The first-order valence-corrected chi connectivity index (χ1v) is 37.9. The van der Waals surface area contributed by atoms with E-state index in [-0.39, 0.29) is 88.5 Å². The summed E-state index contributed by atoms with van der Waals surface area (Å²) in [5.41, 5.74) is 12.6. The number of benzene rings is 1. The van der Waals surface area contributed by atoms with Crippen molar-refractivity contribution in [3.05, 3.63) is 54.2 Å². The van der Waals surface area contributed by atoms with Crippen molar-refractivity contribution in [3.63, 3.8) is 0 Å². The third-order valence-corrected chi connectivity index (χ3v) is 17.5. The number of carboxylic acid groups (broad SMARTS) is 1. The Morgan fingerprint density at radius 2 is 1.16 bits per heavy atom. The predicted octanol–water partition coefficient (Wildman–Crippen LogP) is -7.01. The Kier molecular flexibility index (Phi) is 42.9. The number of likely N-dealkylation sites (N-methyl/N-ethyl adjacent to an activating group) is 1. The van der Waals surface area contributed by atoms with Crippen LogP contribution in [-0.2, 0) is 104 Å². The molecule has 22 N–H and O–H groups in total. The lowest BCUT2D eigenvalue weighted by Crippen LogP contribution is -2.59. The fraction of sp³-hybridized carbons (Fsp3) is 0.588. The highest BCUT2D eigenvalue weighted by atomic mass is 32.2. The zero-order valence-corrected chi connectivity index (χ0v) is 65.1. The fourth-order valence-electron chi connectivity index (χ4n) is 10.3. The Balaban J connectivity index is 1.63. The quantitative estimate of drug-likeness (QED) is 0.0184. The number of carbonyl (C=O) groups excluding carboxylic acids is 16. The molecule has 43 heteroatoms. The molecule has 0 fully saturated rings. The van der Waals surface area contributed by atoms with E-state index in [0.717, 1.165) is 11.8 Å². The molecule has 1 aromatic carbocycles. The minimum absolute atomic E-state index is 0.0137. The Morgan fingerprint density at radius 1 is 0.586 bits per heavy atom. The summed E-state index contributed by atoms with van der Waals surface area (Å²) in [4.78, 5) is 234. The van der Waals surface area contributed by atoms with Gasteiger partial charge in [-0.05, 0) is 75.8 Å². The summed E-state index contributed by atoms with van der Waals surface area (Å²) >= 11 is 2.45. The minimum atomic E-state index is -1.66. The van der Waals surface area contributed by atoms with Gasteiger partial charge in [-0.2, -0.15) is 11.8 Å². The minimum Gasteiger partial charge on any atom is -0.481 e. The first-order chi connectivity index (χ1) is 52.5. The lowest BCUT2D eigenvalue weighted by atomic mass is 10.0. The van der Waals surface area contributed by atoms with Crippen LogP contribution in [0.3, 0.4) is 0 Å². The second kappa shape index (κ2) is 50.3. The van der Waals surface area contributed by atoms with Crippen molar-refractivity contribution in [1.82, 2.24) is 94.3 Å². The number of imidazole rings is 1. The van der Waals surface area contributed by atoms with Crippen LogP contribution in [0, 0.1) is 11.8 Å². The van der Waals surface area contributed by atoms with Gasteiger partial charge in [-0.25, -0.2) is 4.98 Å². The van der Waals surface area contributed by atoms with Gasteiger partial charge < -0.3 is 120 Å².